The van der Waals surface area contributed by atoms with E-state index in [9.17, 15) is 13.2 Å². The van der Waals surface area contributed by atoms with E-state index in [2.05, 4.69) is 17.1 Å². The molecule has 23 heavy (non-hydrogen) atoms. The first-order chi connectivity index (χ1) is 10.4. The van der Waals surface area contributed by atoms with Gasteiger partial charge in [-0.05, 0) is 30.2 Å². The Morgan fingerprint density at radius 1 is 1.30 bits per heavy atom. The van der Waals surface area contributed by atoms with Crippen molar-refractivity contribution in [3.05, 3.63) is 34.9 Å². The van der Waals surface area contributed by atoms with Crippen LogP contribution in [0.3, 0.4) is 0 Å². The quantitative estimate of drug-likeness (QED) is 0.887. The molecule has 0 amide bonds. The van der Waals surface area contributed by atoms with Crippen LogP contribution in [0.4, 0.5) is 13.2 Å². The van der Waals surface area contributed by atoms with Crippen LogP contribution in [0.5, 0.6) is 0 Å². The van der Waals surface area contributed by atoms with E-state index in [1.807, 2.05) is 0 Å². The van der Waals surface area contributed by atoms with Gasteiger partial charge in [0.15, 0.2) is 0 Å². The van der Waals surface area contributed by atoms with Crippen molar-refractivity contribution >= 4 is 12.4 Å². The molecule has 1 aromatic rings. The molecule has 0 aromatic heterocycles. The first-order valence-corrected chi connectivity index (χ1v) is 7.61. The van der Waals surface area contributed by atoms with Gasteiger partial charge < -0.3 is 10.1 Å². The highest BCUT2D eigenvalue weighted by atomic mass is 35.5. The fraction of sp³-hybridized carbons (Fsp3) is 0.625. The molecule has 0 saturated carbocycles. The highest BCUT2D eigenvalue weighted by molar-refractivity contribution is 5.85. The normalized spacial score (nSPS) is 28.3. The number of fused-ring (bicyclic) bond motifs is 1. The van der Waals surface area contributed by atoms with Gasteiger partial charge in [0.25, 0.3) is 0 Å². The van der Waals surface area contributed by atoms with Crippen LogP contribution in [0.15, 0.2) is 18.2 Å². The van der Waals surface area contributed by atoms with Gasteiger partial charge in [0.05, 0.1) is 17.7 Å². The van der Waals surface area contributed by atoms with Crippen molar-refractivity contribution in [3.8, 4) is 0 Å². The summed E-state index contributed by atoms with van der Waals surface area (Å²) in [6, 6.07) is 4.49. The predicted molar refractivity (Wildman–Crippen MR) is 85.0 cm³/mol. The molecule has 3 nitrogen and oxygen atoms in total. The molecule has 0 spiro atoms. The van der Waals surface area contributed by atoms with Crippen molar-refractivity contribution in [2.75, 3.05) is 26.7 Å². The number of nitrogens with one attached hydrogen (secondary N) is 1. The van der Waals surface area contributed by atoms with Gasteiger partial charge in [-0.25, -0.2) is 0 Å². The fourth-order valence-electron chi connectivity index (χ4n) is 3.65. The van der Waals surface area contributed by atoms with E-state index in [0.717, 1.165) is 30.8 Å². The number of piperazine rings is 1. The van der Waals surface area contributed by atoms with Crippen molar-refractivity contribution in [1.29, 1.82) is 0 Å². The fourth-order valence-corrected chi connectivity index (χ4v) is 3.65. The summed E-state index contributed by atoms with van der Waals surface area (Å²) in [6.45, 7) is 4.81. The van der Waals surface area contributed by atoms with Crippen molar-refractivity contribution in [1.82, 2.24) is 10.2 Å². The third-order valence-corrected chi connectivity index (χ3v) is 4.77. The molecule has 130 valence electrons. The van der Waals surface area contributed by atoms with Crippen molar-refractivity contribution in [2.45, 2.75) is 37.7 Å². The molecule has 1 aliphatic carbocycles. The van der Waals surface area contributed by atoms with Crippen LogP contribution >= 0.6 is 12.4 Å². The molecule has 3 rings (SSSR count). The molecule has 1 heterocycles. The summed E-state index contributed by atoms with van der Waals surface area (Å²) in [6.07, 6.45) is -3.84. The van der Waals surface area contributed by atoms with Gasteiger partial charge in [0.2, 0.25) is 0 Å². The average Bonchev–Trinajstić information content (AvgIpc) is 2.84. The van der Waals surface area contributed by atoms with E-state index in [4.69, 9.17) is 4.74 Å². The van der Waals surface area contributed by atoms with Gasteiger partial charge in [0, 0.05) is 39.2 Å². The summed E-state index contributed by atoms with van der Waals surface area (Å²) in [5, 5.41) is 3.34. The largest absolute Gasteiger partial charge is 0.416 e. The number of nitrogens with zero attached hydrogens (tertiary/aromatic N) is 1. The van der Waals surface area contributed by atoms with Crippen LogP contribution in [0.25, 0.3) is 0 Å². The number of halogens is 4. The molecule has 2 aliphatic rings. The number of alkyl halides is 3. The molecule has 7 heteroatoms. The molecule has 2 unspecified atom stereocenters. The average molecular weight is 351 g/mol. The lowest BCUT2D eigenvalue weighted by Gasteiger charge is -2.40. The van der Waals surface area contributed by atoms with Gasteiger partial charge >= 0.3 is 6.18 Å². The SMILES string of the molecule is COC1Cc2cc(C(F)(F)F)ccc2C1N1CCNC[C@@H]1C.Cl. The minimum Gasteiger partial charge on any atom is -0.379 e. The Kier molecular flexibility index (Phi) is 5.61. The first-order valence-electron chi connectivity index (χ1n) is 7.61. The molecule has 1 aliphatic heterocycles. The van der Waals surface area contributed by atoms with Crippen LogP contribution < -0.4 is 5.32 Å². The van der Waals surface area contributed by atoms with E-state index < -0.39 is 11.7 Å². The maximum absolute atomic E-state index is 12.9. The van der Waals surface area contributed by atoms with Crippen LogP contribution in [0.1, 0.15) is 29.7 Å². The Morgan fingerprint density at radius 3 is 2.65 bits per heavy atom. The molecule has 0 bridgehead atoms. The van der Waals surface area contributed by atoms with Crippen LogP contribution in [0, 0.1) is 0 Å². The van der Waals surface area contributed by atoms with Crippen molar-refractivity contribution in [3.63, 3.8) is 0 Å². The van der Waals surface area contributed by atoms with Gasteiger partial charge in [-0.3, -0.25) is 4.90 Å². The zero-order chi connectivity index (χ0) is 15.9. The molecule has 1 aromatic carbocycles. The Hall–Kier alpha value is -0.820. The Morgan fingerprint density at radius 2 is 2.04 bits per heavy atom. The highest BCUT2D eigenvalue weighted by Crippen LogP contribution is 2.41. The van der Waals surface area contributed by atoms with Gasteiger partial charge in [-0.1, -0.05) is 6.07 Å². The third-order valence-electron chi connectivity index (χ3n) is 4.77. The lowest BCUT2D eigenvalue weighted by atomic mass is 10.0. The van der Waals surface area contributed by atoms with Gasteiger partial charge in [-0.15, -0.1) is 12.4 Å². The summed E-state index contributed by atoms with van der Waals surface area (Å²) in [5.74, 6) is 0. The first kappa shape index (κ1) is 18.5. The second kappa shape index (κ2) is 6.97. The second-order valence-corrected chi connectivity index (χ2v) is 6.13. The standard InChI is InChI=1S/C16H21F3N2O.ClH/c1-10-9-20-5-6-21(10)15-13-4-3-12(16(17,18)19)7-11(13)8-14(15)22-2;/h3-4,7,10,14-15,20H,5-6,8-9H2,1-2H3;1H/t10-,14?,15?;/m0./s1. The summed E-state index contributed by atoms with van der Waals surface area (Å²) in [4.78, 5) is 2.35. The molecule has 1 N–H and O–H groups in total. The topological polar surface area (TPSA) is 24.5 Å². The number of rotatable bonds is 2. The number of benzene rings is 1. The van der Waals surface area contributed by atoms with E-state index >= 15 is 0 Å². The van der Waals surface area contributed by atoms with E-state index in [-0.39, 0.29) is 24.6 Å². The van der Waals surface area contributed by atoms with Crippen LogP contribution in [0.2, 0.25) is 0 Å². The monoisotopic (exact) mass is 350 g/mol. The maximum atomic E-state index is 12.9. The van der Waals surface area contributed by atoms with E-state index in [0.29, 0.717) is 12.5 Å². The van der Waals surface area contributed by atoms with Crippen molar-refractivity contribution < 1.29 is 17.9 Å². The lowest BCUT2D eigenvalue weighted by molar-refractivity contribution is -0.137. The predicted octanol–water partition coefficient (Wildman–Crippen LogP) is 3.03. The molecule has 0 radical (unpaired) electrons. The summed E-state index contributed by atoms with van der Waals surface area (Å²) in [5.41, 5.74) is 1.17. The molecule has 3 atom stereocenters. The number of hydrogen-bond acceptors (Lipinski definition) is 3. The lowest BCUT2D eigenvalue weighted by Crippen LogP contribution is -2.52. The highest BCUT2D eigenvalue weighted by Gasteiger charge is 2.41. The Balaban J connectivity index is 0.00000192. The summed E-state index contributed by atoms with van der Waals surface area (Å²) >= 11 is 0. The Bertz CT molecular complexity index is 553. The minimum absolute atomic E-state index is 0. The molecule has 1 saturated heterocycles. The second-order valence-electron chi connectivity index (χ2n) is 6.13. The van der Waals surface area contributed by atoms with E-state index in [1.54, 1.807) is 13.2 Å². The van der Waals surface area contributed by atoms with E-state index in [1.165, 1.54) is 12.1 Å². The van der Waals surface area contributed by atoms with Gasteiger partial charge in [-0.2, -0.15) is 13.2 Å². The maximum Gasteiger partial charge on any atom is 0.416 e. The smallest absolute Gasteiger partial charge is 0.379 e. The minimum atomic E-state index is -4.29. The molecular weight excluding hydrogens is 329 g/mol. The number of ether oxygens (including phenoxy) is 1. The summed E-state index contributed by atoms with van der Waals surface area (Å²) < 4.78 is 44.3. The summed E-state index contributed by atoms with van der Waals surface area (Å²) in [7, 11) is 1.64. The van der Waals surface area contributed by atoms with Crippen LogP contribution in [-0.2, 0) is 17.3 Å². The number of hydrogen-bond donors (Lipinski definition) is 1. The number of methoxy groups -OCH3 is 1. The zero-order valence-electron chi connectivity index (χ0n) is 13.2. The van der Waals surface area contributed by atoms with Crippen molar-refractivity contribution in [2.24, 2.45) is 0 Å². The van der Waals surface area contributed by atoms with Gasteiger partial charge in [0.1, 0.15) is 0 Å². The molecule has 1 fully saturated rings. The molecular formula is C16H22ClF3N2O. The third kappa shape index (κ3) is 3.50. The Labute approximate surface area is 140 Å². The zero-order valence-corrected chi connectivity index (χ0v) is 14.0. The van der Waals surface area contributed by atoms with Crippen LogP contribution in [-0.4, -0.2) is 43.8 Å².